The molecule has 0 amide bonds. The Balaban J connectivity index is 2.32. The van der Waals surface area contributed by atoms with Crippen molar-refractivity contribution in [2.75, 3.05) is 0 Å². The second-order valence-corrected chi connectivity index (χ2v) is 3.86. The first-order valence-electron chi connectivity index (χ1n) is 5.47. The molecule has 0 aliphatic heterocycles. The normalized spacial score (nSPS) is 10.7. The van der Waals surface area contributed by atoms with Gasteiger partial charge in [-0.3, -0.25) is 0 Å². The van der Waals surface area contributed by atoms with Gasteiger partial charge in [-0.2, -0.15) is 5.11 Å². The smallest absolute Gasteiger partial charge is 0.337 e. The Morgan fingerprint density at radius 1 is 1.06 bits per heavy atom. The molecular weight excluding hydrogens is 228 g/mol. The van der Waals surface area contributed by atoms with Crippen LogP contribution in [0.4, 0.5) is 11.4 Å². The predicted molar refractivity (Wildman–Crippen MR) is 68.8 cm³/mol. The number of azo groups is 1. The summed E-state index contributed by atoms with van der Waals surface area (Å²) in [5.74, 6) is -1.01. The molecule has 4 heteroatoms. The van der Waals surface area contributed by atoms with Gasteiger partial charge >= 0.3 is 5.97 Å². The molecule has 2 aromatic rings. The van der Waals surface area contributed by atoms with Gasteiger partial charge in [0.05, 0.1) is 11.3 Å². The zero-order valence-electron chi connectivity index (χ0n) is 9.87. The summed E-state index contributed by atoms with van der Waals surface area (Å²) in [5, 5.41) is 17.0. The van der Waals surface area contributed by atoms with Gasteiger partial charge in [0.1, 0.15) is 5.69 Å². The van der Waals surface area contributed by atoms with E-state index in [-0.39, 0.29) is 5.56 Å². The summed E-state index contributed by atoms with van der Waals surface area (Å²) in [6.45, 7) is 1.96. The number of hydrogen-bond acceptors (Lipinski definition) is 3. The summed E-state index contributed by atoms with van der Waals surface area (Å²) in [4.78, 5) is 11.0. The first-order valence-corrected chi connectivity index (χ1v) is 5.47. The number of carboxylic acid groups (broad SMARTS) is 1. The molecule has 90 valence electrons. The molecule has 0 saturated heterocycles. The van der Waals surface area contributed by atoms with Crippen LogP contribution in [0.5, 0.6) is 0 Å². The summed E-state index contributed by atoms with van der Waals surface area (Å²) in [6.07, 6.45) is 0. The van der Waals surface area contributed by atoms with Crippen LogP contribution in [0.25, 0.3) is 0 Å². The van der Waals surface area contributed by atoms with Gasteiger partial charge in [-0.25, -0.2) is 4.79 Å². The highest BCUT2D eigenvalue weighted by molar-refractivity contribution is 5.93. The van der Waals surface area contributed by atoms with E-state index in [4.69, 9.17) is 5.11 Å². The van der Waals surface area contributed by atoms with E-state index >= 15 is 0 Å². The first kappa shape index (κ1) is 12.0. The van der Waals surface area contributed by atoms with Gasteiger partial charge in [0.15, 0.2) is 0 Å². The van der Waals surface area contributed by atoms with Gasteiger partial charge < -0.3 is 5.11 Å². The van der Waals surface area contributed by atoms with Crippen LogP contribution in [0.1, 0.15) is 15.9 Å². The molecule has 0 aliphatic rings. The van der Waals surface area contributed by atoms with E-state index in [9.17, 15) is 4.79 Å². The SMILES string of the molecule is Cc1cccc(N=Nc2ccccc2C(=O)O)c1. The number of rotatable bonds is 3. The monoisotopic (exact) mass is 240 g/mol. The Morgan fingerprint density at radius 3 is 2.56 bits per heavy atom. The fourth-order valence-electron chi connectivity index (χ4n) is 1.54. The Morgan fingerprint density at radius 2 is 1.83 bits per heavy atom. The van der Waals surface area contributed by atoms with Crippen molar-refractivity contribution in [3.63, 3.8) is 0 Å². The van der Waals surface area contributed by atoms with Gasteiger partial charge in [-0.05, 0) is 36.8 Å². The van der Waals surface area contributed by atoms with E-state index in [0.717, 1.165) is 5.56 Å². The van der Waals surface area contributed by atoms with E-state index in [1.54, 1.807) is 18.2 Å². The molecule has 1 N–H and O–H groups in total. The number of carbonyl (C=O) groups is 1. The molecule has 0 aliphatic carbocycles. The van der Waals surface area contributed by atoms with Crippen molar-refractivity contribution in [2.45, 2.75) is 6.92 Å². The van der Waals surface area contributed by atoms with E-state index in [0.29, 0.717) is 11.4 Å². The van der Waals surface area contributed by atoms with Gasteiger partial charge in [-0.1, -0.05) is 24.3 Å². The van der Waals surface area contributed by atoms with Crippen LogP contribution in [0.15, 0.2) is 58.8 Å². The lowest BCUT2D eigenvalue weighted by molar-refractivity contribution is 0.0698. The lowest BCUT2D eigenvalue weighted by atomic mass is 10.2. The van der Waals surface area contributed by atoms with Gasteiger partial charge in [0.2, 0.25) is 0 Å². The Bertz CT molecular complexity index is 606. The first-order chi connectivity index (χ1) is 8.66. The van der Waals surface area contributed by atoms with Gasteiger partial charge in [0.25, 0.3) is 0 Å². The standard InChI is InChI=1S/C14H12N2O2/c1-10-5-4-6-11(9-10)15-16-13-8-3-2-7-12(13)14(17)18/h2-9H,1H3,(H,17,18). The van der Waals surface area contributed by atoms with Crippen molar-refractivity contribution in [2.24, 2.45) is 10.2 Å². The molecule has 0 unspecified atom stereocenters. The minimum absolute atomic E-state index is 0.147. The predicted octanol–water partition coefficient (Wildman–Crippen LogP) is 4.11. The van der Waals surface area contributed by atoms with Crippen LogP contribution in [-0.4, -0.2) is 11.1 Å². The molecule has 0 saturated carbocycles. The largest absolute Gasteiger partial charge is 0.478 e. The summed E-state index contributed by atoms with van der Waals surface area (Å²) in [6, 6.07) is 14.1. The minimum atomic E-state index is -1.01. The van der Waals surface area contributed by atoms with Gasteiger partial charge in [0, 0.05) is 0 Å². The molecule has 0 heterocycles. The summed E-state index contributed by atoms with van der Waals surface area (Å²) >= 11 is 0. The molecule has 0 atom stereocenters. The molecule has 18 heavy (non-hydrogen) atoms. The Labute approximate surface area is 105 Å². The van der Waals surface area contributed by atoms with Crippen molar-refractivity contribution in [1.29, 1.82) is 0 Å². The second kappa shape index (κ2) is 5.23. The lowest BCUT2D eigenvalue weighted by Gasteiger charge is -1.99. The number of benzene rings is 2. The summed E-state index contributed by atoms with van der Waals surface area (Å²) < 4.78 is 0. The third-order valence-corrected chi connectivity index (χ3v) is 2.41. The fourth-order valence-corrected chi connectivity index (χ4v) is 1.54. The summed E-state index contributed by atoms with van der Waals surface area (Å²) in [7, 11) is 0. The number of hydrogen-bond donors (Lipinski definition) is 1. The maximum atomic E-state index is 11.0. The molecule has 2 rings (SSSR count). The molecule has 0 aromatic heterocycles. The van der Waals surface area contributed by atoms with Crippen LogP contribution < -0.4 is 0 Å². The highest BCUT2D eigenvalue weighted by atomic mass is 16.4. The van der Waals surface area contributed by atoms with Crippen molar-refractivity contribution >= 4 is 17.3 Å². The lowest BCUT2D eigenvalue weighted by Crippen LogP contribution is -1.95. The van der Waals surface area contributed by atoms with E-state index in [2.05, 4.69) is 10.2 Å². The van der Waals surface area contributed by atoms with E-state index in [1.807, 2.05) is 31.2 Å². The average Bonchev–Trinajstić information content (AvgIpc) is 2.37. The Kier molecular flexibility index (Phi) is 3.48. The fraction of sp³-hybridized carbons (Fsp3) is 0.0714. The van der Waals surface area contributed by atoms with Gasteiger partial charge in [-0.15, -0.1) is 5.11 Å². The molecule has 0 fully saturated rings. The maximum absolute atomic E-state index is 11.0. The number of nitrogens with zero attached hydrogens (tertiary/aromatic N) is 2. The van der Waals surface area contributed by atoms with Crippen LogP contribution in [0.3, 0.4) is 0 Å². The van der Waals surface area contributed by atoms with Crippen LogP contribution >= 0.6 is 0 Å². The molecule has 2 aromatic carbocycles. The van der Waals surface area contributed by atoms with Crippen LogP contribution in [0.2, 0.25) is 0 Å². The second-order valence-electron chi connectivity index (χ2n) is 3.86. The number of aromatic carboxylic acids is 1. The quantitative estimate of drug-likeness (QED) is 0.820. The number of carboxylic acids is 1. The molecule has 0 radical (unpaired) electrons. The highest BCUT2D eigenvalue weighted by Gasteiger charge is 2.07. The van der Waals surface area contributed by atoms with E-state index < -0.39 is 5.97 Å². The third-order valence-electron chi connectivity index (χ3n) is 2.41. The molecule has 0 spiro atoms. The minimum Gasteiger partial charge on any atom is -0.478 e. The zero-order chi connectivity index (χ0) is 13.0. The molecule has 4 nitrogen and oxygen atoms in total. The zero-order valence-corrected chi connectivity index (χ0v) is 9.87. The topological polar surface area (TPSA) is 62.0 Å². The van der Waals surface area contributed by atoms with E-state index in [1.165, 1.54) is 6.07 Å². The average molecular weight is 240 g/mol. The van der Waals surface area contributed by atoms with Crippen molar-refractivity contribution in [3.05, 3.63) is 59.7 Å². The van der Waals surface area contributed by atoms with Crippen molar-refractivity contribution in [3.8, 4) is 0 Å². The summed E-state index contributed by atoms with van der Waals surface area (Å²) in [5.41, 5.74) is 2.29. The van der Waals surface area contributed by atoms with Crippen LogP contribution in [0, 0.1) is 6.92 Å². The van der Waals surface area contributed by atoms with Crippen molar-refractivity contribution in [1.82, 2.24) is 0 Å². The molecular formula is C14H12N2O2. The Hall–Kier alpha value is -2.49. The maximum Gasteiger partial charge on any atom is 0.337 e. The molecule has 0 bridgehead atoms. The highest BCUT2D eigenvalue weighted by Crippen LogP contribution is 2.22. The van der Waals surface area contributed by atoms with Crippen molar-refractivity contribution < 1.29 is 9.90 Å². The van der Waals surface area contributed by atoms with Crippen LogP contribution in [-0.2, 0) is 0 Å². The third kappa shape index (κ3) is 2.79. The number of aryl methyl sites for hydroxylation is 1.